The van der Waals surface area contributed by atoms with Crippen LogP contribution in [-0.4, -0.2) is 20.2 Å². The summed E-state index contributed by atoms with van der Waals surface area (Å²) in [6, 6.07) is 0. The molecule has 0 fully saturated rings. The molecule has 0 aliphatic carbocycles. The van der Waals surface area contributed by atoms with Crippen molar-refractivity contribution in [2.45, 2.75) is 0 Å². The summed E-state index contributed by atoms with van der Waals surface area (Å²) in [5, 5.41) is 7.48. The van der Waals surface area contributed by atoms with Crippen LogP contribution in [0.3, 0.4) is 0 Å². The Balaban J connectivity index is 2.55. The first kappa shape index (κ1) is 7.42. The van der Waals surface area contributed by atoms with E-state index in [1.165, 1.54) is 0 Å². The van der Waals surface area contributed by atoms with Gasteiger partial charge in [0.05, 0.1) is 22.4 Å². The number of halogens is 1. The van der Waals surface area contributed by atoms with Gasteiger partial charge < -0.3 is 4.98 Å². The zero-order chi connectivity index (χ0) is 8.39. The standard InChI is InChI=1S/C7H5BrN4/c8-6-4-12-11-3-5(6)7-9-1-2-10-7/h1-4H,(H,9,10). The van der Waals surface area contributed by atoms with Crippen LogP contribution in [-0.2, 0) is 0 Å². The SMILES string of the molecule is Brc1cnncc1-c1ncc[nH]1. The zero-order valence-electron chi connectivity index (χ0n) is 6.03. The van der Waals surface area contributed by atoms with E-state index in [-0.39, 0.29) is 0 Å². The first-order chi connectivity index (χ1) is 5.88. The van der Waals surface area contributed by atoms with Crippen LogP contribution in [0.1, 0.15) is 0 Å². The molecule has 0 aromatic carbocycles. The number of nitrogens with one attached hydrogen (secondary N) is 1. The molecule has 0 saturated carbocycles. The van der Waals surface area contributed by atoms with Crippen molar-refractivity contribution < 1.29 is 0 Å². The first-order valence-electron chi connectivity index (χ1n) is 3.34. The molecule has 0 amide bonds. The fourth-order valence-corrected chi connectivity index (χ4v) is 1.27. The van der Waals surface area contributed by atoms with Gasteiger partial charge in [0.25, 0.3) is 0 Å². The van der Waals surface area contributed by atoms with Gasteiger partial charge in [-0.25, -0.2) is 4.98 Å². The van der Waals surface area contributed by atoms with Crippen molar-refractivity contribution in [3.63, 3.8) is 0 Å². The minimum atomic E-state index is 0.789. The Morgan fingerprint density at radius 3 is 2.75 bits per heavy atom. The molecule has 0 aliphatic heterocycles. The summed E-state index contributed by atoms with van der Waals surface area (Å²) in [5.74, 6) is 0.789. The predicted molar refractivity (Wildman–Crippen MR) is 47.3 cm³/mol. The van der Waals surface area contributed by atoms with Gasteiger partial charge in [-0.3, -0.25) is 0 Å². The van der Waals surface area contributed by atoms with Gasteiger partial charge in [-0.05, 0) is 15.9 Å². The maximum atomic E-state index is 4.09. The Morgan fingerprint density at radius 2 is 2.08 bits per heavy atom. The van der Waals surface area contributed by atoms with Gasteiger partial charge in [-0.15, -0.1) is 0 Å². The third-order valence-electron chi connectivity index (χ3n) is 1.44. The molecule has 2 rings (SSSR count). The average Bonchev–Trinajstić information content (AvgIpc) is 2.57. The molecule has 2 heterocycles. The molecule has 0 aliphatic rings. The quantitative estimate of drug-likeness (QED) is 0.802. The molecule has 5 heteroatoms. The summed E-state index contributed by atoms with van der Waals surface area (Å²) in [7, 11) is 0. The van der Waals surface area contributed by atoms with Gasteiger partial charge in [-0.2, -0.15) is 10.2 Å². The van der Waals surface area contributed by atoms with Gasteiger partial charge in [0.15, 0.2) is 0 Å². The number of aromatic nitrogens is 4. The minimum Gasteiger partial charge on any atom is -0.345 e. The summed E-state index contributed by atoms with van der Waals surface area (Å²) in [5.41, 5.74) is 0.912. The smallest absolute Gasteiger partial charge is 0.140 e. The third-order valence-corrected chi connectivity index (χ3v) is 2.07. The molecule has 60 valence electrons. The number of nitrogens with zero attached hydrogens (tertiary/aromatic N) is 3. The Morgan fingerprint density at radius 1 is 1.25 bits per heavy atom. The van der Waals surface area contributed by atoms with Gasteiger partial charge in [-0.1, -0.05) is 0 Å². The molecule has 12 heavy (non-hydrogen) atoms. The van der Waals surface area contributed by atoms with Crippen LogP contribution in [0, 0.1) is 0 Å². The first-order valence-corrected chi connectivity index (χ1v) is 4.13. The summed E-state index contributed by atoms with van der Waals surface area (Å²) in [6.07, 6.45) is 6.76. The molecule has 2 aromatic rings. The van der Waals surface area contributed by atoms with Crippen LogP contribution < -0.4 is 0 Å². The fraction of sp³-hybridized carbons (Fsp3) is 0. The molecular weight excluding hydrogens is 220 g/mol. The van der Waals surface area contributed by atoms with Crippen molar-refractivity contribution in [1.82, 2.24) is 20.2 Å². The van der Waals surface area contributed by atoms with E-state index in [2.05, 4.69) is 36.1 Å². The Labute approximate surface area is 77.2 Å². The molecule has 0 saturated heterocycles. The number of aromatic amines is 1. The van der Waals surface area contributed by atoms with Gasteiger partial charge in [0.2, 0.25) is 0 Å². The molecule has 0 spiro atoms. The molecular formula is C7H5BrN4. The number of hydrogen-bond donors (Lipinski definition) is 1. The largest absolute Gasteiger partial charge is 0.345 e. The van der Waals surface area contributed by atoms with E-state index < -0.39 is 0 Å². The van der Waals surface area contributed by atoms with Crippen molar-refractivity contribution >= 4 is 15.9 Å². The van der Waals surface area contributed by atoms with E-state index in [1.807, 2.05) is 0 Å². The molecule has 2 aromatic heterocycles. The molecule has 4 nitrogen and oxygen atoms in total. The number of imidazole rings is 1. The molecule has 0 bridgehead atoms. The highest BCUT2D eigenvalue weighted by Crippen LogP contribution is 2.22. The lowest BCUT2D eigenvalue weighted by atomic mass is 10.3. The van der Waals surface area contributed by atoms with E-state index in [1.54, 1.807) is 24.8 Å². The normalized spacial score (nSPS) is 10.1. The third kappa shape index (κ3) is 1.23. The second kappa shape index (κ2) is 3.02. The molecule has 0 unspecified atom stereocenters. The number of hydrogen-bond acceptors (Lipinski definition) is 3. The molecule has 1 N–H and O–H groups in total. The fourth-order valence-electron chi connectivity index (χ4n) is 0.893. The van der Waals surface area contributed by atoms with Crippen molar-refractivity contribution in [2.75, 3.05) is 0 Å². The molecule has 0 atom stereocenters. The summed E-state index contributed by atoms with van der Waals surface area (Å²) in [4.78, 5) is 7.08. The van der Waals surface area contributed by atoms with Crippen LogP contribution in [0.2, 0.25) is 0 Å². The summed E-state index contributed by atoms with van der Waals surface area (Å²) in [6.45, 7) is 0. The number of H-pyrrole nitrogens is 1. The predicted octanol–water partition coefficient (Wildman–Crippen LogP) is 1.63. The second-order valence-corrected chi connectivity index (χ2v) is 3.04. The van der Waals surface area contributed by atoms with Crippen molar-refractivity contribution in [3.8, 4) is 11.4 Å². The summed E-state index contributed by atoms with van der Waals surface area (Å²) >= 11 is 3.36. The van der Waals surface area contributed by atoms with Crippen LogP contribution >= 0.6 is 15.9 Å². The van der Waals surface area contributed by atoms with Crippen LogP contribution in [0.5, 0.6) is 0 Å². The monoisotopic (exact) mass is 224 g/mol. The van der Waals surface area contributed by atoms with Gasteiger partial charge >= 0.3 is 0 Å². The van der Waals surface area contributed by atoms with E-state index in [9.17, 15) is 0 Å². The van der Waals surface area contributed by atoms with Crippen LogP contribution in [0.15, 0.2) is 29.3 Å². The number of rotatable bonds is 1. The highest BCUT2D eigenvalue weighted by molar-refractivity contribution is 9.10. The summed E-state index contributed by atoms with van der Waals surface area (Å²) < 4.78 is 0.882. The zero-order valence-corrected chi connectivity index (χ0v) is 7.62. The van der Waals surface area contributed by atoms with E-state index >= 15 is 0 Å². The van der Waals surface area contributed by atoms with Gasteiger partial charge in [0, 0.05) is 12.4 Å². The lowest BCUT2D eigenvalue weighted by molar-refractivity contribution is 1.02. The lowest BCUT2D eigenvalue weighted by Crippen LogP contribution is -1.86. The Kier molecular flexibility index (Phi) is 1.87. The lowest BCUT2D eigenvalue weighted by Gasteiger charge is -1.96. The maximum absolute atomic E-state index is 4.09. The average molecular weight is 225 g/mol. The van der Waals surface area contributed by atoms with Crippen molar-refractivity contribution in [2.24, 2.45) is 0 Å². The van der Waals surface area contributed by atoms with Crippen molar-refractivity contribution in [1.29, 1.82) is 0 Å². The minimum absolute atomic E-state index is 0.789. The van der Waals surface area contributed by atoms with E-state index in [0.717, 1.165) is 15.9 Å². The van der Waals surface area contributed by atoms with E-state index in [4.69, 9.17) is 0 Å². The molecule has 0 radical (unpaired) electrons. The van der Waals surface area contributed by atoms with Crippen LogP contribution in [0.25, 0.3) is 11.4 Å². The Hall–Kier alpha value is -1.23. The van der Waals surface area contributed by atoms with Crippen molar-refractivity contribution in [3.05, 3.63) is 29.3 Å². The van der Waals surface area contributed by atoms with Gasteiger partial charge in [0.1, 0.15) is 5.82 Å². The van der Waals surface area contributed by atoms with Crippen LogP contribution in [0.4, 0.5) is 0 Å². The van der Waals surface area contributed by atoms with E-state index in [0.29, 0.717) is 0 Å². The maximum Gasteiger partial charge on any atom is 0.140 e. The highest BCUT2D eigenvalue weighted by atomic mass is 79.9. The topological polar surface area (TPSA) is 54.5 Å². The Bertz CT molecular complexity index is 371. The second-order valence-electron chi connectivity index (χ2n) is 2.19. The highest BCUT2D eigenvalue weighted by Gasteiger charge is 2.03.